The molecular weight excluding hydrogens is 473 g/mol. The summed E-state index contributed by atoms with van der Waals surface area (Å²) in [5, 5.41) is 0. The quantitative estimate of drug-likeness (QED) is 0.0721. The Bertz CT molecular complexity index is 614. The minimum absolute atomic E-state index is 0.0524. The third-order valence-electron chi connectivity index (χ3n) is 5.12. The van der Waals surface area contributed by atoms with Gasteiger partial charge in [-0.15, -0.1) is 0 Å². The van der Waals surface area contributed by atoms with Gasteiger partial charge in [-0.25, -0.2) is 4.57 Å². The van der Waals surface area contributed by atoms with Gasteiger partial charge in [0, 0.05) is 19.4 Å². The maximum absolute atomic E-state index is 12.2. The lowest BCUT2D eigenvalue weighted by atomic mass is 10.1. The molecule has 0 amide bonds. The van der Waals surface area contributed by atoms with Crippen LogP contribution in [0.3, 0.4) is 0 Å². The first-order valence-corrected chi connectivity index (χ1v) is 14.7. The average molecular weight is 522 g/mol. The lowest BCUT2D eigenvalue weighted by Gasteiger charge is -2.19. The van der Waals surface area contributed by atoms with Crippen molar-refractivity contribution in [1.29, 1.82) is 0 Å². The summed E-state index contributed by atoms with van der Waals surface area (Å²) in [5.74, 6) is -0.904. The monoisotopic (exact) mass is 521 g/mol. The van der Waals surface area contributed by atoms with Gasteiger partial charge in [0.15, 0.2) is 6.10 Å². The second kappa shape index (κ2) is 23.2. The van der Waals surface area contributed by atoms with Crippen molar-refractivity contribution in [2.24, 2.45) is 5.73 Å². The van der Waals surface area contributed by atoms with Crippen molar-refractivity contribution in [2.45, 2.75) is 110 Å². The Labute approximate surface area is 211 Å². The molecule has 0 aliphatic rings. The molecular formula is C25H48NO8P. The molecule has 0 spiro atoms. The number of ether oxygens (including phenoxy) is 2. The Morgan fingerprint density at radius 3 is 2.09 bits per heavy atom. The van der Waals surface area contributed by atoms with Gasteiger partial charge in [0.05, 0.1) is 13.2 Å². The van der Waals surface area contributed by atoms with Crippen LogP contribution in [0, 0.1) is 0 Å². The molecule has 10 heteroatoms. The van der Waals surface area contributed by atoms with E-state index in [1.165, 1.54) is 32.1 Å². The fraction of sp³-hybridized carbons (Fsp3) is 0.840. The van der Waals surface area contributed by atoms with E-state index in [1.54, 1.807) is 0 Å². The summed E-state index contributed by atoms with van der Waals surface area (Å²) in [6.07, 6.45) is 17.0. The first-order chi connectivity index (χ1) is 16.8. The van der Waals surface area contributed by atoms with Crippen LogP contribution in [0.25, 0.3) is 0 Å². The number of rotatable bonds is 24. The molecule has 2 unspecified atom stereocenters. The lowest BCUT2D eigenvalue weighted by Crippen LogP contribution is -2.29. The largest absolute Gasteiger partial charge is 0.472 e. The van der Waals surface area contributed by atoms with Gasteiger partial charge in [0.2, 0.25) is 0 Å². The van der Waals surface area contributed by atoms with Crippen LogP contribution in [0.5, 0.6) is 0 Å². The highest BCUT2D eigenvalue weighted by Crippen LogP contribution is 2.43. The van der Waals surface area contributed by atoms with Crippen molar-refractivity contribution in [2.75, 3.05) is 26.4 Å². The summed E-state index contributed by atoms with van der Waals surface area (Å²) in [7, 11) is -4.33. The number of unbranched alkanes of at least 4 members (excludes halogenated alkanes) is 9. The molecule has 35 heavy (non-hydrogen) atoms. The van der Waals surface area contributed by atoms with E-state index in [9.17, 15) is 19.0 Å². The molecule has 0 rings (SSSR count). The predicted octanol–water partition coefficient (Wildman–Crippen LogP) is 5.59. The van der Waals surface area contributed by atoms with E-state index < -0.39 is 32.5 Å². The Kier molecular flexibility index (Phi) is 22.3. The topological polar surface area (TPSA) is 134 Å². The zero-order chi connectivity index (χ0) is 26.2. The van der Waals surface area contributed by atoms with Gasteiger partial charge in [-0.2, -0.15) is 0 Å². The van der Waals surface area contributed by atoms with Crippen LogP contribution in [-0.2, 0) is 32.7 Å². The number of phosphoric acid groups is 1. The summed E-state index contributed by atoms with van der Waals surface area (Å²) in [6.45, 7) is 3.27. The molecule has 2 atom stereocenters. The molecule has 0 bridgehead atoms. The standard InChI is InChI=1S/C25H48NO8P/c1-3-5-6-7-8-9-10-11-12-13-14-15-16-18-25(28)34-23(21-31-24(27)17-4-2)22-33-35(29,30)32-20-19-26/h9-10,23H,3-8,11-22,26H2,1-2H3,(H,29,30)/b10-9-. The van der Waals surface area contributed by atoms with Crippen LogP contribution in [0.15, 0.2) is 12.2 Å². The minimum Gasteiger partial charge on any atom is -0.462 e. The fourth-order valence-corrected chi connectivity index (χ4v) is 3.96. The Morgan fingerprint density at radius 1 is 0.829 bits per heavy atom. The van der Waals surface area contributed by atoms with E-state index in [0.29, 0.717) is 12.8 Å². The van der Waals surface area contributed by atoms with Gasteiger partial charge in [-0.05, 0) is 38.5 Å². The highest BCUT2D eigenvalue weighted by atomic mass is 31.2. The van der Waals surface area contributed by atoms with Crippen LogP contribution in [0.2, 0.25) is 0 Å². The van der Waals surface area contributed by atoms with Crippen molar-refractivity contribution < 1.29 is 37.6 Å². The Morgan fingerprint density at radius 2 is 1.46 bits per heavy atom. The van der Waals surface area contributed by atoms with E-state index in [0.717, 1.165) is 32.1 Å². The molecule has 0 saturated heterocycles. The summed E-state index contributed by atoms with van der Waals surface area (Å²) < 4.78 is 31.7. The third-order valence-corrected chi connectivity index (χ3v) is 6.11. The van der Waals surface area contributed by atoms with E-state index in [1.807, 2.05) is 6.92 Å². The molecule has 0 aromatic rings. The van der Waals surface area contributed by atoms with E-state index in [2.05, 4.69) is 23.6 Å². The first kappa shape index (κ1) is 33.8. The first-order valence-electron chi connectivity index (χ1n) is 13.2. The summed E-state index contributed by atoms with van der Waals surface area (Å²) in [4.78, 5) is 33.5. The fourth-order valence-electron chi connectivity index (χ4n) is 3.19. The summed E-state index contributed by atoms with van der Waals surface area (Å²) in [5.41, 5.74) is 5.25. The zero-order valence-electron chi connectivity index (χ0n) is 21.8. The number of esters is 2. The van der Waals surface area contributed by atoms with E-state index in [-0.39, 0.29) is 32.6 Å². The van der Waals surface area contributed by atoms with Gasteiger partial charge in [-0.1, -0.05) is 64.5 Å². The van der Waals surface area contributed by atoms with Gasteiger partial charge >= 0.3 is 19.8 Å². The van der Waals surface area contributed by atoms with Gasteiger partial charge < -0.3 is 20.1 Å². The minimum atomic E-state index is -4.33. The van der Waals surface area contributed by atoms with Gasteiger partial charge in [-0.3, -0.25) is 18.6 Å². The number of hydrogen-bond donors (Lipinski definition) is 2. The van der Waals surface area contributed by atoms with E-state index in [4.69, 9.17) is 19.7 Å². The number of carbonyl (C=O) groups excluding carboxylic acids is 2. The Hall–Kier alpha value is -1.25. The normalized spacial score (nSPS) is 14.1. The molecule has 0 heterocycles. The van der Waals surface area contributed by atoms with Crippen LogP contribution in [0.4, 0.5) is 0 Å². The molecule has 0 fully saturated rings. The third kappa shape index (κ3) is 22.9. The molecule has 0 aliphatic carbocycles. The maximum Gasteiger partial charge on any atom is 0.472 e. The SMILES string of the molecule is CCCCCC/C=C\CCCCCCCC(=O)OC(COC(=O)CCC)COP(=O)(O)OCCN. The van der Waals surface area contributed by atoms with Crippen molar-refractivity contribution in [3.8, 4) is 0 Å². The van der Waals surface area contributed by atoms with Crippen molar-refractivity contribution in [3.05, 3.63) is 12.2 Å². The van der Waals surface area contributed by atoms with Crippen LogP contribution in [-0.4, -0.2) is 49.3 Å². The second-order valence-electron chi connectivity index (χ2n) is 8.56. The van der Waals surface area contributed by atoms with Crippen LogP contribution < -0.4 is 5.73 Å². The number of allylic oxidation sites excluding steroid dienone is 2. The van der Waals surface area contributed by atoms with Crippen molar-refractivity contribution in [3.63, 3.8) is 0 Å². The van der Waals surface area contributed by atoms with Gasteiger partial charge in [0.1, 0.15) is 6.61 Å². The highest BCUT2D eigenvalue weighted by molar-refractivity contribution is 7.47. The van der Waals surface area contributed by atoms with Crippen molar-refractivity contribution in [1.82, 2.24) is 0 Å². The molecule has 3 N–H and O–H groups in total. The van der Waals surface area contributed by atoms with Crippen LogP contribution >= 0.6 is 7.82 Å². The summed E-state index contributed by atoms with van der Waals surface area (Å²) in [6, 6.07) is 0. The number of phosphoric ester groups is 1. The predicted molar refractivity (Wildman–Crippen MR) is 137 cm³/mol. The molecule has 206 valence electrons. The lowest BCUT2D eigenvalue weighted by molar-refractivity contribution is -0.161. The smallest absolute Gasteiger partial charge is 0.462 e. The number of carbonyl (C=O) groups is 2. The zero-order valence-corrected chi connectivity index (χ0v) is 22.7. The number of nitrogens with two attached hydrogens (primary N) is 1. The van der Waals surface area contributed by atoms with Crippen molar-refractivity contribution >= 4 is 19.8 Å². The molecule has 0 aromatic carbocycles. The Balaban J connectivity index is 4.15. The molecule has 9 nitrogen and oxygen atoms in total. The number of hydrogen-bond acceptors (Lipinski definition) is 8. The van der Waals surface area contributed by atoms with Crippen LogP contribution in [0.1, 0.15) is 104 Å². The summed E-state index contributed by atoms with van der Waals surface area (Å²) >= 11 is 0. The average Bonchev–Trinajstić information content (AvgIpc) is 2.82. The van der Waals surface area contributed by atoms with E-state index >= 15 is 0 Å². The molecule has 0 saturated carbocycles. The second-order valence-corrected chi connectivity index (χ2v) is 10.0. The molecule has 0 aromatic heterocycles. The van der Waals surface area contributed by atoms with Gasteiger partial charge in [0.25, 0.3) is 0 Å². The molecule has 0 aliphatic heterocycles. The highest BCUT2D eigenvalue weighted by Gasteiger charge is 2.25. The maximum atomic E-state index is 12.2. The molecule has 0 radical (unpaired) electrons.